The monoisotopic (exact) mass is 462 g/mol. The van der Waals surface area contributed by atoms with Crippen LogP contribution in [-0.2, 0) is 21.4 Å². The molecule has 7 nitrogen and oxygen atoms in total. The third-order valence-corrected chi connectivity index (χ3v) is 7.34. The van der Waals surface area contributed by atoms with Crippen LogP contribution < -0.4 is 14.4 Å². The first-order valence-electron chi connectivity index (χ1n) is 12.1. The first kappa shape index (κ1) is 21.3. The molecule has 1 spiro atoms. The molecule has 2 aromatic carbocycles. The number of fused-ring (bicyclic) bond motifs is 5. The van der Waals surface area contributed by atoms with Gasteiger partial charge >= 0.3 is 6.09 Å². The molecule has 1 saturated heterocycles. The predicted molar refractivity (Wildman–Crippen MR) is 127 cm³/mol. The molecule has 0 aliphatic carbocycles. The molecular weight excluding hydrogens is 432 g/mol. The number of amides is 2. The van der Waals surface area contributed by atoms with Crippen LogP contribution in [0.15, 0.2) is 36.4 Å². The van der Waals surface area contributed by atoms with E-state index in [0.717, 1.165) is 46.7 Å². The van der Waals surface area contributed by atoms with Crippen molar-refractivity contribution in [2.75, 3.05) is 37.7 Å². The van der Waals surface area contributed by atoms with E-state index in [0.29, 0.717) is 32.8 Å². The average Bonchev–Trinajstić information content (AvgIpc) is 3.55. The van der Waals surface area contributed by atoms with Gasteiger partial charge in [0.25, 0.3) is 0 Å². The Morgan fingerprint density at radius 2 is 1.97 bits per heavy atom. The summed E-state index contributed by atoms with van der Waals surface area (Å²) in [5.41, 5.74) is 2.67. The Hall–Kier alpha value is -3.22. The Balaban J connectivity index is 1.29. The number of hydrogen-bond donors (Lipinski definition) is 0. The number of rotatable bonds is 2. The van der Waals surface area contributed by atoms with Crippen molar-refractivity contribution in [3.63, 3.8) is 0 Å². The highest BCUT2D eigenvalue weighted by atomic mass is 16.6. The second kappa shape index (κ2) is 7.39. The van der Waals surface area contributed by atoms with Gasteiger partial charge in [0.15, 0.2) is 0 Å². The first-order chi connectivity index (χ1) is 16.3. The molecule has 0 N–H and O–H groups in total. The fourth-order valence-electron chi connectivity index (χ4n) is 5.76. The second-order valence-electron chi connectivity index (χ2n) is 10.8. The summed E-state index contributed by atoms with van der Waals surface area (Å²) in [6.07, 6.45) is 1.41. The highest BCUT2D eigenvalue weighted by molar-refractivity contribution is 6.11. The molecule has 2 amide bonds. The average molecular weight is 463 g/mol. The summed E-state index contributed by atoms with van der Waals surface area (Å²) in [6, 6.07) is 12.1. The van der Waals surface area contributed by atoms with Crippen LogP contribution in [0.1, 0.15) is 43.9 Å². The maximum absolute atomic E-state index is 14.1. The van der Waals surface area contributed by atoms with E-state index in [1.807, 2.05) is 49.9 Å². The molecule has 1 fully saturated rings. The number of likely N-dealkylation sites (tertiary alicyclic amines) is 1. The predicted octanol–water partition coefficient (Wildman–Crippen LogP) is 3.90. The number of benzene rings is 2. The molecule has 0 saturated carbocycles. The number of hydrogen-bond acceptors (Lipinski definition) is 5. The molecule has 0 bridgehead atoms. The van der Waals surface area contributed by atoms with Crippen molar-refractivity contribution in [3.05, 3.63) is 53.1 Å². The summed E-state index contributed by atoms with van der Waals surface area (Å²) in [6.45, 7) is 8.39. The highest BCUT2D eigenvalue weighted by Crippen LogP contribution is 2.54. The minimum atomic E-state index is -0.826. The van der Waals surface area contributed by atoms with E-state index in [1.54, 1.807) is 4.90 Å². The van der Waals surface area contributed by atoms with E-state index in [2.05, 4.69) is 12.1 Å². The number of nitrogens with zero attached hydrogens (tertiary/aromatic N) is 2. The van der Waals surface area contributed by atoms with Crippen LogP contribution in [0.2, 0.25) is 0 Å². The van der Waals surface area contributed by atoms with Gasteiger partial charge in [-0.2, -0.15) is 0 Å². The van der Waals surface area contributed by atoms with Crippen molar-refractivity contribution in [2.24, 2.45) is 5.92 Å². The number of carbonyl (C=O) groups is 2. The molecule has 6 rings (SSSR count). The number of para-hydroxylation sites is 1. The third kappa shape index (κ3) is 3.16. The Kier molecular flexibility index (Phi) is 4.63. The van der Waals surface area contributed by atoms with Gasteiger partial charge in [-0.1, -0.05) is 18.2 Å². The van der Waals surface area contributed by atoms with E-state index in [9.17, 15) is 9.59 Å². The van der Waals surface area contributed by atoms with Gasteiger partial charge < -0.3 is 24.0 Å². The molecular formula is C27H30N2O5. The molecule has 0 aromatic heterocycles. The van der Waals surface area contributed by atoms with Crippen molar-refractivity contribution in [1.29, 1.82) is 0 Å². The van der Waals surface area contributed by atoms with Gasteiger partial charge in [0.2, 0.25) is 5.91 Å². The summed E-state index contributed by atoms with van der Waals surface area (Å²) in [4.78, 5) is 30.4. The lowest BCUT2D eigenvalue weighted by Gasteiger charge is -2.26. The molecule has 7 heteroatoms. The lowest BCUT2D eigenvalue weighted by Crippen LogP contribution is -2.44. The Bertz CT molecular complexity index is 1190. The summed E-state index contributed by atoms with van der Waals surface area (Å²) in [7, 11) is 0. The molecule has 34 heavy (non-hydrogen) atoms. The first-order valence-corrected chi connectivity index (χ1v) is 12.1. The fourth-order valence-corrected chi connectivity index (χ4v) is 5.76. The topological polar surface area (TPSA) is 68.3 Å². The van der Waals surface area contributed by atoms with Crippen LogP contribution >= 0.6 is 0 Å². The van der Waals surface area contributed by atoms with Crippen molar-refractivity contribution in [1.82, 2.24) is 4.90 Å². The molecule has 2 unspecified atom stereocenters. The van der Waals surface area contributed by atoms with Gasteiger partial charge in [0, 0.05) is 43.4 Å². The Morgan fingerprint density at radius 3 is 2.79 bits per heavy atom. The quantitative estimate of drug-likeness (QED) is 0.677. The van der Waals surface area contributed by atoms with Crippen molar-refractivity contribution in [2.45, 2.75) is 44.6 Å². The summed E-state index contributed by atoms with van der Waals surface area (Å²) in [5, 5.41) is 0. The smallest absolute Gasteiger partial charge is 0.410 e. The second-order valence-corrected chi connectivity index (χ2v) is 10.8. The largest absolute Gasteiger partial charge is 0.493 e. The maximum atomic E-state index is 14.1. The summed E-state index contributed by atoms with van der Waals surface area (Å²) in [5.74, 6) is 1.85. The molecule has 4 aliphatic heterocycles. The molecule has 178 valence electrons. The molecule has 4 aliphatic rings. The third-order valence-electron chi connectivity index (χ3n) is 7.34. The fraction of sp³-hybridized carbons (Fsp3) is 0.481. The van der Waals surface area contributed by atoms with Gasteiger partial charge in [0.05, 0.1) is 6.61 Å². The Labute approximate surface area is 199 Å². The lowest BCUT2D eigenvalue weighted by molar-refractivity contribution is -0.122. The van der Waals surface area contributed by atoms with E-state index in [1.165, 1.54) is 0 Å². The maximum Gasteiger partial charge on any atom is 0.410 e. The van der Waals surface area contributed by atoms with Gasteiger partial charge in [-0.15, -0.1) is 0 Å². The van der Waals surface area contributed by atoms with Gasteiger partial charge in [-0.05, 0) is 56.4 Å². The molecule has 2 aromatic rings. The van der Waals surface area contributed by atoms with Crippen molar-refractivity contribution < 1.29 is 23.8 Å². The van der Waals surface area contributed by atoms with E-state index < -0.39 is 11.0 Å². The van der Waals surface area contributed by atoms with Gasteiger partial charge in [-0.3, -0.25) is 4.79 Å². The van der Waals surface area contributed by atoms with Crippen LogP contribution in [0.5, 0.6) is 11.5 Å². The zero-order chi connectivity index (χ0) is 23.7. The van der Waals surface area contributed by atoms with Crippen molar-refractivity contribution >= 4 is 17.7 Å². The minimum Gasteiger partial charge on any atom is -0.493 e. The van der Waals surface area contributed by atoms with Gasteiger partial charge in [0.1, 0.15) is 29.1 Å². The standard InChI is InChI=1S/C27H30N2O5/c1-26(2,3)34-25(31)28-10-8-17(14-28)15-29-21-7-5-4-6-19(21)27(24(29)30)16-33-23-13-22-18(9-11-32-22)12-20(23)27/h4-7,12-13,17H,8-11,14-16H2,1-3H3. The zero-order valence-corrected chi connectivity index (χ0v) is 19.9. The normalized spacial score (nSPS) is 24.7. The van der Waals surface area contributed by atoms with Crippen LogP contribution in [0.4, 0.5) is 10.5 Å². The number of anilines is 1. The molecule has 4 heterocycles. The summed E-state index contributed by atoms with van der Waals surface area (Å²) < 4.78 is 17.4. The van der Waals surface area contributed by atoms with Crippen LogP contribution in [0, 0.1) is 5.92 Å². The van der Waals surface area contributed by atoms with E-state index >= 15 is 0 Å². The lowest BCUT2D eigenvalue weighted by atomic mass is 9.76. The van der Waals surface area contributed by atoms with Crippen LogP contribution in [-0.4, -0.2) is 55.3 Å². The molecule has 2 atom stereocenters. The number of ether oxygens (including phenoxy) is 3. The van der Waals surface area contributed by atoms with Crippen LogP contribution in [0.25, 0.3) is 0 Å². The van der Waals surface area contributed by atoms with Gasteiger partial charge in [-0.25, -0.2) is 4.79 Å². The van der Waals surface area contributed by atoms with Crippen LogP contribution in [0.3, 0.4) is 0 Å². The molecule has 0 radical (unpaired) electrons. The Morgan fingerprint density at radius 1 is 1.15 bits per heavy atom. The minimum absolute atomic E-state index is 0.0574. The van der Waals surface area contributed by atoms with E-state index in [-0.39, 0.29) is 17.9 Å². The SMILES string of the molecule is CC(C)(C)OC(=O)N1CCC(CN2C(=O)C3(COc4cc5c(cc43)CCO5)c3ccccc32)C1. The summed E-state index contributed by atoms with van der Waals surface area (Å²) >= 11 is 0. The number of carbonyl (C=O) groups excluding carboxylic acids is 2. The highest BCUT2D eigenvalue weighted by Gasteiger charge is 2.57. The van der Waals surface area contributed by atoms with E-state index in [4.69, 9.17) is 14.2 Å². The van der Waals surface area contributed by atoms with Crippen molar-refractivity contribution in [3.8, 4) is 11.5 Å². The zero-order valence-electron chi connectivity index (χ0n) is 19.9.